The second-order valence-corrected chi connectivity index (χ2v) is 10.7. The minimum atomic E-state index is -4.54. The molecule has 35 heavy (non-hydrogen) atoms. The molecule has 1 aromatic carbocycles. The highest BCUT2D eigenvalue weighted by molar-refractivity contribution is 7.15. The van der Waals surface area contributed by atoms with Crippen molar-refractivity contribution in [1.82, 2.24) is 9.97 Å². The maximum atomic E-state index is 13.0. The van der Waals surface area contributed by atoms with Gasteiger partial charge in [0, 0.05) is 11.9 Å². The molecule has 10 heteroatoms. The van der Waals surface area contributed by atoms with Crippen LogP contribution in [-0.4, -0.2) is 26.2 Å². The van der Waals surface area contributed by atoms with Crippen LogP contribution in [-0.2, 0) is 16.6 Å². The van der Waals surface area contributed by atoms with Crippen LogP contribution in [0.3, 0.4) is 0 Å². The van der Waals surface area contributed by atoms with Gasteiger partial charge in [-0.1, -0.05) is 32.0 Å². The Morgan fingerprint density at radius 3 is 2.63 bits per heavy atom. The molecule has 0 unspecified atom stereocenters. The van der Waals surface area contributed by atoms with E-state index in [2.05, 4.69) is 15.3 Å². The molecule has 0 bridgehead atoms. The maximum absolute atomic E-state index is 13.0. The van der Waals surface area contributed by atoms with Gasteiger partial charge in [-0.3, -0.25) is 4.79 Å². The molecule has 6 nitrogen and oxygen atoms in total. The number of nitrogens with one attached hydrogen (secondary N) is 1. The summed E-state index contributed by atoms with van der Waals surface area (Å²) in [6, 6.07) is 9.23. The van der Waals surface area contributed by atoms with E-state index in [1.165, 1.54) is 23.5 Å². The molecule has 2 atom stereocenters. The Balaban J connectivity index is 1.59. The van der Waals surface area contributed by atoms with E-state index in [1.54, 1.807) is 6.20 Å². The number of aryl methyl sites for hydroxylation is 1. The molecule has 0 saturated heterocycles. The molecule has 3 aromatic rings. The van der Waals surface area contributed by atoms with Gasteiger partial charge in [0.25, 0.3) is 0 Å². The van der Waals surface area contributed by atoms with Crippen LogP contribution in [0, 0.1) is 18.3 Å². The average molecular weight is 506 g/mol. The van der Waals surface area contributed by atoms with E-state index in [0.29, 0.717) is 23.5 Å². The van der Waals surface area contributed by atoms with Crippen molar-refractivity contribution in [3.8, 4) is 10.4 Å². The van der Waals surface area contributed by atoms with Crippen molar-refractivity contribution in [2.75, 3.05) is 5.32 Å². The second-order valence-electron chi connectivity index (χ2n) is 9.72. The van der Waals surface area contributed by atoms with E-state index in [1.807, 2.05) is 39.0 Å². The highest BCUT2D eigenvalue weighted by Gasteiger charge is 2.49. The molecule has 0 amide bonds. The Morgan fingerprint density at radius 1 is 1.23 bits per heavy atom. The van der Waals surface area contributed by atoms with Crippen molar-refractivity contribution in [1.29, 1.82) is 0 Å². The lowest BCUT2D eigenvalue weighted by Crippen LogP contribution is -2.44. The summed E-state index contributed by atoms with van der Waals surface area (Å²) >= 11 is 1.33. The molecule has 0 spiro atoms. The third-order valence-electron chi connectivity index (χ3n) is 6.56. The smallest absolute Gasteiger partial charge is 0.433 e. The molecule has 0 radical (unpaired) electrons. The van der Waals surface area contributed by atoms with E-state index in [-0.39, 0.29) is 12.2 Å². The average Bonchev–Trinajstić information content (AvgIpc) is 3.25. The third kappa shape index (κ3) is 5.18. The fourth-order valence-corrected chi connectivity index (χ4v) is 5.74. The zero-order chi connectivity index (χ0) is 25.6. The number of aromatic nitrogens is 2. The molecule has 0 aliphatic heterocycles. The first-order valence-corrected chi connectivity index (χ1v) is 11.9. The summed E-state index contributed by atoms with van der Waals surface area (Å²) in [5.41, 5.74) is -0.570. The Hall–Kier alpha value is -2.98. The molecule has 2 heterocycles. The van der Waals surface area contributed by atoms with Gasteiger partial charge >= 0.3 is 12.1 Å². The van der Waals surface area contributed by atoms with Crippen LogP contribution in [0.15, 0.2) is 42.6 Å². The Bertz CT molecular complexity index is 1260. The van der Waals surface area contributed by atoms with Crippen LogP contribution in [0.1, 0.15) is 49.4 Å². The van der Waals surface area contributed by atoms with Gasteiger partial charge in [-0.05, 0) is 60.9 Å². The lowest BCUT2D eigenvalue weighted by molar-refractivity contribution is -0.154. The predicted octanol–water partition coefficient (Wildman–Crippen LogP) is 6.37. The summed E-state index contributed by atoms with van der Waals surface area (Å²) in [7, 11) is 0. The number of nitrogens with zero attached hydrogens (tertiary/aromatic N) is 2. The fraction of sp³-hybridized carbons (Fsp3) is 0.400. The number of pyridine rings is 1. The first-order valence-electron chi connectivity index (χ1n) is 11.1. The molecule has 1 aliphatic rings. The standard InChI is InChI=1S/C25H26F3N3O3S/c1-14-7-8-15(11-17(14)30-20-6-4-5-19(31-20)25(26,27)28)18-12-29-22(35-18)24(34)10-9-16(21(32)33)23(2,3)13-24/h4-8,11-12,16,34H,9-10,13H2,1-3H3,(H,30,31)(H,32,33)/t16-,24-/m1/s1. The normalized spacial score (nSPS) is 22.1. The minimum Gasteiger partial charge on any atom is -0.481 e. The first kappa shape index (κ1) is 25.1. The van der Waals surface area contributed by atoms with Gasteiger partial charge in [0.05, 0.1) is 10.8 Å². The zero-order valence-corrected chi connectivity index (χ0v) is 20.3. The molecule has 3 N–H and O–H groups in total. The van der Waals surface area contributed by atoms with Crippen molar-refractivity contribution in [2.45, 2.75) is 51.8 Å². The number of alkyl halides is 3. The summed E-state index contributed by atoms with van der Waals surface area (Å²) < 4.78 is 39.1. The van der Waals surface area contributed by atoms with E-state index < -0.39 is 34.8 Å². The second kappa shape index (κ2) is 8.91. The van der Waals surface area contributed by atoms with Crippen molar-refractivity contribution in [3.63, 3.8) is 0 Å². The molecule has 2 aromatic heterocycles. The van der Waals surface area contributed by atoms with Crippen LogP contribution in [0.4, 0.5) is 24.7 Å². The van der Waals surface area contributed by atoms with Gasteiger partial charge in [0.2, 0.25) is 0 Å². The van der Waals surface area contributed by atoms with Crippen molar-refractivity contribution < 1.29 is 28.2 Å². The SMILES string of the molecule is Cc1ccc(-c2cnc([C@@]3(O)CC[C@H](C(=O)O)C(C)(C)C3)s2)cc1Nc1cccc(C(F)(F)F)n1. The van der Waals surface area contributed by atoms with Gasteiger partial charge in [-0.2, -0.15) is 13.2 Å². The van der Waals surface area contributed by atoms with Crippen molar-refractivity contribution in [3.05, 3.63) is 58.9 Å². The van der Waals surface area contributed by atoms with Crippen LogP contribution < -0.4 is 5.32 Å². The van der Waals surface area contributed by atoms with Gasteiger partial charge in [-0.25, -0.2) is 9.97 Å². The first-order chi connectivity index (χ1) is 16.3. The minimum absolute atomic E-state index is 0.0804. The quantitative estimate of drug-likeness (QED) is 0.373. The van der Waals surface area contributed by atoms with Gasteiger partial charge in [0.15, 0.2) is 0 Å². The summed E-state index contributed by atoms with van der Waals surface area (Å²) in [5.74, 6) is -1.30. The van der Waals surface area contributed by atoms with Gasteiger partial charge in [-0.15, -0.1) is 11.3 Å². The number of benzene rings is 1. The molecular weight excluding hydrogens is 479 g/mol. The Kier molecular flexibility index (Phi) is 6.39. The van der Waals surface area contributed by atoms with Crippen molar-refractivity contribution in [2.24, 2.45) is 11.3 Å². The van der Waals surface area contributed by atoms with Crippen LogP contribution >= 0.6 is 11.3 Å². The number of halogens is 3. The fourth-order valence-electron chi connectivity index (χ4n) is 4.71. The molecular formula is C25H26F3N3O3S. The zero-order valence-electron chi connectivity index (χ0n) is 19.5. The van der Waals surface area contributed by atoms with Gasteiger partial charge in [0.1, 0.15) is 22.1 Å². The van der Waals surface area contributed by atoms with Crippen LogP contribution in [0.2, 0.25) is 0 Å². The molecule has 1 saturated carbocycles. The molecule has 1 fully saturated rings. The number of anilines is 2. The number of carbonyl (C=O) groups is 1. The summed E-state index contributed by atoms with van der Waals surface area (Å²) in [6.07, 6.45) is -1.93. The molecule has 4 rings (SSSR count). The lowest BCUT2D eigenvalue weighted by Gasteiger charge is -2.44. The van der Waals surface area contributed by atoms with Gasteiger partial charge < -0.3 is 15.5 Å². The summed E-state index contributed by atoms with van der Waals surface area (Å²) in [5, 5.41) is 24.4. The maximum Gasteiger partial charge on any atom is 0.433 e. The number of aliphatic carboxylic acids is 1. The highest BCUT2D eigenvalue weighted by Crippen LogP contribution is 2.51. The largest absolute Gasteiger partial charge is 0.481 e. The lowest BCUT2D eigenvalue weighted by atomic mass is 9.63. The van der Waals surface area contributed by atoms with Crippen LogP contribution in [0.5, 0.6) is 0 Å². The number of hydrogen-bond donors (Lipinski definition) is 3. The number of carboxylic acid groups (broad SMARTS) is 1. The van der Waals surface area contributed by atoms with E-state index >= 15 is 0 Å². The number of hydrogen-bond acceptors (Lipinski definition) is 6. The highest BCUT2D eigenvalue weighted by atomic mass is 32.1. The van der Waals surface area contributed by atoms with E-state index in [9.17, 15) is 28.2 Å². The monoisotopic (exact) mass is 505 g/mol. The number of carboxylic acids is 1. The summed E-state index contributed by atoms with van der Waals surface area (Å²) in [6.45, 7) is 5.54. The number of thiazole rings is 1. The van der Waals surface area contributed by atoms with E-state index in [0.717, 1.165) is 22.1 Å². The van der Waals surface area contributed by atoms with Crippen molar-refractivity contribution >= 4 is 28.8 Å². The Morgan fingerprint density at radius 2 is 1.97 bits per heavy atom. The molecule has 186 valence electrons. The summed E-state index contributed by atoms with van der Waals surface area (Å²) in [4.78, 5) is 20.5. The predicted molar refractivity (Wildman–Crippen MR) is 127 cm³/mol. The Labute approximate surface area is 204 Å². The number of rotatable bonds is 5. The number of aliphatic hydroxyl groups is 1. The third-order valence-corrected chi connectivity index (χ3v) is 7.80. The van der Waals surface area contributed by atoms with E-state index in [4.69, 9.17) is 0 Å². The topological polar surface area (TPSA) is 95.3 Å². The van der Waals surface area contributed by atoms with Crippen LogP contribution in [0.25, 0.3) is 10.4 Å². The molecule has 1 aliphatic carbocycles.